The molecule has 6 heterocycles. The standard InChI is InChI=1S/C35H36F2N8O4/c36-23-14-35(10-3-12-44(35)18-23)20-49-33-42-31-27(32(46)43-33)17-39-30(29(31)37)26-7-2-6-21-4-1-5-22(28(21)26)9-13-48-34(47)41-24-15-38-16-25-8-11-40-45(25)19-24/h1-2,4-8,11,17,23-24,38H,3,9-10,12-16,18-20H2,(H,41,47)(H,42,43,46)/t23-,24?,35+/m1/s1. The zero-order valence-corrected chi connectivity index (χ0v) is 26.8. The van der Waals surface area contributed by atoms with E-state index < -0.39 is 29.2 Å². The molecule has 1 unspecified atom stereocenters. The fourth-order valence-corrected chi connectivity index (χ4v) is 7.66. The minimum atomic E-state index is -0.927. The van der Waals surface area contributed by atoms with Crippen molar-refractivity contribution < 1.29 is 23.0 Å². The van der Waals surface area contributed by atoms with Crippen molar-refractivity contribution in [1.82, 2.24) is 40.3 Å². The Balaban J connectivity index is 1.02. The molecule has 3 aromatic heterocycles. The Bertz CT molecular complexity index is 2100. The Morgan fingerprint density at radius 2 is 2.04 bits per heavy atom. The zero-order chi connectivity index (χ0) is 33.5. The summed E-state index contributed by atoms with van der Waals surface area (Å²) < 4.78 is 44.0. The van der Waals surface area contributed by atoms with Crippen molar-refractivity contribution in [2.45, 2.75) is 56.5 Å². The number of rotatable bonds is 8. The van der Waals surface area contributed by atoms with Crippen LogP contribution in [0.5, 0.6) is 6.01 Å². The van der Waals surface area contributed by atoms with E-state index >= 15 is 4.39 Å². The molecule has 5 aromatic rings. The van der Waals surface area contributed by atoms with Gasteiger partial charge in [0.05, 0.1) is 35.8 Å². The summed E-state index contributed by atoms with van der Waals surface area (Å²) >= 11 is 0. The predicted molar refractivity (Wildman–Crippen MR) is 178 cm³/mol. The van der Waals surface area contributed by atoms with E-state index in [0.717, 1.165) is 41.4 Å². The molecule has 14 heteroatoms. The van der Waals surface area contributed by atoms with Gasteiger partial charge in [-0.1, -0.05) is 36.4 Å². The number of hydrogen-bond donors (Lipinski definition) is 3. The highest BCUT2D eigenvalue weighted by atomic mass is 19.1. The Hall–Kier alpha value is -4.95. The number of ether oxygens (including phenoxy) is 2. The Morgan fingerprint density at radius 1 is 1.16 bits per heavy atom. The molecule has 254 valence electrons. The molecule has 0 bridgehead atoms. The van der Waals surface area contributed by atoms with Crippen LogP contribution in [-0.4, -0.2) is 86.3 Å². The van der Waals surface area contributed by atoms with Crippen LogP contribution in [0.3, 0.4) is 0 Å². The molecule has 2 aromatic carbocycles. The highest BCUT2D eigenvalue weighted by molar-refractivity contribution is 5.99. The number of halogens is 2. The van der Waals surface area contributed by atoms with Gasteiger partial charge in [0.25, 0.3) is 11.6 Å². The number of aromatic amines is 1. The molecule has 2 fully saturated rings. The third-order valence-electron chi connectivity index (χ3n) is 9.98. The van der Waals surface area contributed by atoms with Crippen LogP contribution in [0, 0.1) is 5.82 Å². The normalized spacial score (nSPS) is 22.2. The van der Waals surface area contributed by atoms with Gasteiger partial charge in [0, 0.05) is 50.4 Å². The third kappa shape index (κ3) is 5.99. The van der Waals surface area contributed by atoms with Crippen LogP contribution in [0.25, 0.3) is 32.9 Å². The quantitative estimate of drug-likeness (QED) is 0.225. The van der Waals surface area contributed by atoms with Crippen molar-refractivity contribution in [1.29, 1.82) is 0 Å². The van der Waals surface area contributed by atoms with E-state index in [9.17, 15) is 14.0 Å². The number of nitrogens with zero attached hydrogens (tertiary/aromatic N) is 5. The first-order valence-electron chi connectivity index (χ1n) is 16.6. The van der Waals surface area contributed by atoms with Crippen molar-refractivity contribution in [2.24, 2.45) is 0 Å². The molecule has 0 spiro atoms. The zero-order valence-electron chi connectivity index (χ0n) is 26.8. The molecule has 3 aliphatic rings. The molecular formula is C35H36F2N8O4. The summed E-state index contributed by atoms with van der Waals surface area (Å²) in [4.78, 5) is 39.1. The Labute approximate surface area is 279 Å². The second-order valence-electron chi connectivity index (χ2n) is 13.1. The minimum absolute atomic E-state index is 0.00790. The number of alkyl carbamates (subject to hydrolysis) is 1. The van der Waals surface area contributed by atoms with Crippen LogP contribution < -0.4 is 20.9 Å². The number of pyridine rings is 1. The van der Waals surface area contributed by atoms with E-state index in [2.05, 4.69) is 35.6 Å². The first kappa shape index (κ1) is 31.3. The van der Waals surface area contributed by atoms with E-state index in [1.165, 1.54) is 6.20 Å². The molecule has 49 heavy (non-hydrogen) atoms. The number of H-pyrrole nitrogens is 1. The highest BCUT2D eigenvalue weighted by Crippen LogP contribution is 2.40. The maximum atomic E-state index is 16.4. The summed E-state index contributed by atoms with van der Waals surface area (Å²) in [6, 6.07) is 12.9. The molecule has 12 nitrogen and oxygen atoms in total. The summed E-state index contributed by atoms with van der Waals surface area (Å²) in [5, 5.41) is 12.1. The summed E-state index contributed by atoms with van der Waals surface area (Å²) in [5.41, 5.74) is 1.25. The molecule has 0 radical (unpaired) electrons. The monoisotopic (exact) mass is 670 g/mol. The second-order valence-corrected chi connectivity index (χ2v) is 13.1. The second kappa shape index (κ2) is 12.8. The van der Waals surface area contributed by atoms with Crippen LogP contribution in [0.15, 0.2) is 59.7 Å². The number of fused-ring (bicyclic) bond motifs is 4. The summed E-state index contributed by atoms with van der Waals surface area (Å²) in [5.74, 6) is -0.755. The topological polar surface area (TPSA) is 139 Å². The number of benzene rings is 2. The lowest BCUT2D eigenvalue weighted by molar-refractivity contribution is 0.107. The molecule has 3 aliphatic heterocycles. The Kier molecular flexibility index (Phi) is 8.20. The number of alkyl halides is 1. The van der Waals surface area contributed by atoms with Crippen LogP contribution in [0.1, 0.15) is 30.5 Å². The molecular weight excluding hydrogens is 634 g/mol. The lowest BCUT2D eigenvalue weighted by atomic mass is 9.95. The maximum absolute atomic E-state index is 16.4. The fraction of sp³-hybridized carbons (Fsp3) is 0.400. The summed E-state index contributed by atoms with van der Waals surface area (Å²) in [6.07, 6.45) is 4.06. The largest absolute Gasteiger partial charge is 0.463 e. The van der Waals surface area contributed by atoms with Gasteiger partial charge < -0.3 is 20.1 Å². The molecule has 3 N–H and O–H groups in total. The van der Waals surface area contributed by atoms with E-state index in [0.29, 0.717) is 44.6 Å². The van der Waals surface area contributed by atoms with Crippen LogP contribution in [0.2, 0.25) is 0 Å². The molecule has 3 atom stereocenters. The maximum Gasteiger partial charge on any atom is 0.407 e. The van der Waals surface area contributed by atoms with Crippen molar-refractivity contribution in [3.8, 4) is 17.3 Å². The van der Waals surface area contributed by atoms with E-state index in [1.54, 1.807) is 12.3 Å². The molecule has 0 saturated carbocycles. The smallest absolute Gasteiger partial charge is 0.407 e. The first-order chi connectivity index (χ1) is 23.9. The van der Waals surface area contributed by atoms with Gasteiger partial charge >= 0.3 is 6.09 Å². The summed E-state index contributed by atoms with van der Waals surface area (Å²) in [7, 11) is 0. The third-order valence-corrected chi connectivity index (χ3v) is 9.98. The van der Waals surface area contributed by atoms with Gasteiger partial charge in [0.1, 0.15) is 24.0 Å². The number of amides is 1. The lowest BCUT2D eigenvalue weighted by Crippen LogP contribution is -2.43. The van der Waals surface area contributed by atoms with Crippen LogP contribution in [0.4, 0.5) is 13.6 Å². The molecule has 2 saturated heterocycles. The van der Waals surface area contributed by atoms with Crippen molar-refractivity contribution in [3.05, 3.63) is 82.3 Å². The molecule has 8 rings (SSSR count). The molecule has 0 aliphatic carbocycles. The molecule has 1 amide bonds. The van der Waals surface area contributed by atoms with Gasteiger partial charge in [-0.15, -0.1) is 0 Å². The van der Waals surface area contributed by atoms with Crippen molar-refractivity contribution in [2.75, 3.05) is 32.8 Å². The SMILES string of the molecule is O=C(NC1CNCc2ccnn2C1)OCCc1cccc2cccc(-c3ncc4c(=O)[nH]c(OC[C@@]56CCCN5C[C@H](F)C6)nc4c3F)c12. The highest BCUT2D eigenvalue weighted by Gasteiger charge is 2.49. The van der Waals surface area contributed by atoms with Crippen molar-refractivity contribution >= 4 is 27.8 Å². The average Bonchev–Trinajstić information content (AvgIpc) is 3.74. The van der Waals surface area contributed by atoms with Gasteiger partial charge in [0.15, 0.2) is 5.82 Å². The number of carbonyl (C=O) groups excluding carboxylic acids is 1. The van der Waals surface area contributed by atoms with Gasteiger partial charge in [-0.05, 0) is 41.8 Å². The lowest BCUT2D eigenvalue weighted by Gasteiger charge is -2.30. The van der Waals surface area contributed by atoms with Gasteiger partial charge in [-0.2, -0.15) is 10.1 Å². The number of carbonyl (C=O) groups is 1. The summed E-state index contributed by atoms with van der Waals surface area (Å²) in [6.45, 7) is 3.21. The fourth-order valence-electron chi connectivity index (χ4n) is 7.66. The number of aromatic nitrogens is 5. The number of hydrogen-bond acceptors (Lipinski definition) is 9. The average molecular weight is 671 g/mol. The van der Waals surface area contributed by atoms with E-state index in [-0.39, 0.29) is 41.9 Å². The van der Waals surface area contributed by atoms with E-state index in [1.807, 2.05) is 41.1 Å². The van der Waals surface area contributed by atoms with Crippen molar-refractivity contribution in [3.63, 3.8) is 0 Å². The van der Waals surface area contributed by atoms with Gasteiger partial charge in [0.2, 0.25) is 0 Å². The predicted octanol–water partition coefficient (Wildman–Crippen LogP) is 3.87. The van der Waals surface area contributed by atoms with Gasteiger partial charge in [-0.3, -0.25) is 24.3 Å². The minimum Gasteiger partial charge on any atom is -0.463 e. The Morgan fingerprint density at radius 3 is 2.94 bits per heavy atom. The van der Waals surface area contributed by atoms with Crippen LogP contribution >= 0.6 is 0 Å². The first-order valence-corrected chi connectivity index (χ1v) is 16.6. The van der Waals surface area contributed by atoms with E-state index in [4.69, 9.17) is 9.47 Å². The van der Waals surface area contributed by atoms with Gasteiger partial charge in [-0.25, -0.2) is 13.6 Å². The van der Waals surface area contributed by atoms with Crippen LogP contribution in [-0.2, 0) is 24.2 Å². The number of nitrogens with one attached hydrogen (secondary N) is 3.